The first-order valence-corrected chi connectivity index (χ1v) is 9.78. The van der Waals surface area contributed by atoms with Crippen molar-refractivity contribution in [1.82, 2.24) is 0 Å². The maximum absolute atomic E-state index is 13.2. The smallest absolute Gasteiger partial charge is 0.341 e. The molecule has 3 rings (SSSR count). The molecule has 0 atom stereocenters. The molecule has 1 N–H and O–H groups in total. The minimum atomic E-state index is -0.539. The van der Waals surface area contributed by atoms with E-state index in [1.54, 1.807) is 42.6 Å². The van der Waals surface area contributed by atoms with Crippen LogP contribution >= 0.6 is 27.3 Å². The number of amides is 1. The Morgan fingerprint density at radius 3 is 2.59 bits per heavy atom. The van der Waals surface area contributed by atoms with Gasteiger partial charge in [0.2, 0.25) is 0 Å². The Balaban J connectivity index is 1.98. The van der Waals surface area contributed by atoms with Gasteiger partial charge in [0.1, 0.15) is 16.4 Å². The monoisotopic (exact) mass is 447 g/mol. The summed E-state index contributed by atoms with van der Waals surface area (Å²) < 4.78 is 19.2. The molecule has 1 heterocycles. The number of halogens is 2. The molecular weight excluding hydrogens is 433 g/mol. The first-order chi connectivity index (χ1) is 13.0. The molecule has 0 saturated heterocycles. The van der Waals surface area contributed by atoms with Gasteiger partial charge in [-0.25, -0.2) is 9.18 Å². The molecule has 27 heavy (non-hydrogen) atoms. The number of ether oxygens (including phenoxy) is 1. The van der Waals surface area contributed by atoms with Crippen LogP contribution in [0.25, 0.3) is 11.1 Å². The van der Waals surface area contributed by atoms with Crippen LogP contribution in [0.15, 0.2) is 58.4 Å². The lowest BCUT2D eigenvalue weighted by Gasteiger charge is -2.09. The second kappa shape index (κ2) is 8.45. The highest BCUT2D eigenvalue weighted by atomic mass is 79.9. The van der Waals surface area contributed by atoms with Gasteiger partial charge in [0, 0.05) is 21.0 Å². The van der Waals surface area contributed by atoms with Gasteiger partial charge in [-0.3, -0.25) is 4.79 Å². The summed E-state index contributed by atoms with van der Waals surface area (Å²) in [6.45, 7) is 1.91. The standard InChI is InChI=1S/C20H15BrFNO3S/c1-2-26-20(25)17-16(12-6-8-15(22)9-7-12)11-27-19(17)23-18(24)13-4-3-5-14(21)10-13/h3-11H,2H2,1H3,(H,23,24). The molecule has 0 spiro atoms. The van der Waals surface area contributed by atoms with E-state index < -0.39 is 5.97 Å². The second-order valence-corrected chi connectivity index (χ2v) is 7.34. The summed E-state index contributed by atoms with van der Waals surface area (Å²) in [4.78, 5) is 25.1. The zero-order chi connectivity index (χ0) is 19.4. The van der Waals surface area contributed by atoms with Crippen LogP contribution in [0, 0.1) is 5.82 Å². The quantitative estimate of drug-likeness (QED) is 0.506. The Morgan fingerprint density at radius 1 is 1.19 bits per heavy atom. The molecule has 0 unspecified atom stereocenters. The maximum atomic E-state index is 13.2. The molecule has 0 saturated carbocycles. The van der Waals surface area contributed by atoms with Gasteiger partial charge in [-0.15, -0.1) is 11.3 Å². The minimum absolute atomic E-state index is 0.205. The molecule has 4 nitrogen and oxygen atoms in total. The molecule has 138 valence electrons. The molecule has 0 radical (unpaired) electrons. The lowest BCUT2D eigenvalue weighted by molar-refractivity contribution is 0.0529. The van der Waals surface area contributed by atoms with Gasteiger partial charge in [0.25, 0.3) is 5.91 Å². The molecule has 2 aromatic carbocycles. The van der Waals surface area contributed by atoms with Crippen molar-refractivity contribution in [2.45, 2.75) is 6.92 Å². The number of nitrogens with one attached hydrogen (secondary N) is 1. The number of anilines is 1. The second-order valence-electron chi connectivity index (χ2n) is 5.55. The fourth-order valence-corrected chi connectivity index (χ4v) is 3.85. The average Bonchev–Trinajstić information content (AvgIpc) is 3.06. The summed E-state index contributed by atoms with van der Waals surface area (Å²) in [7, 11) is 0. The van der Waals surface area contributed by atoms with Crippen LogP contribution in [-0.4, -0.2) is 18.5 Å². The third kappa shape index (κ3) is 4.43. The van der Waals surface area contributed by atoms with Crippen molar-refractivity contribution in [3.63, 3.8) is 0 Å². The average molecular weight is 448 g/mol. The van der Waals surface area contributed by atoms with E-state index in [4.69, 9.17) is 4.74 Å². The fraction of sp³-hybridized carbons (Fsp3) is 0.100. The highest BCUT2D eigenvalue weighted by Crippen LogP contribution is 2.36. The summed E-state index contributed by atoms with van der Waals surface area (Å²) in [5.41, 5.74) is 1.97. The Morgan fingerprint density at radius 2 is 1.93 bits per heavy atom. The molecule has 0 aliphatic carbocycles. The number of carbonyl (C=O) groups is 2. The predicted molar refractivity (Wildman–Crippen MR) is 108 cm³/mol. The minimum Gasteiger partial charge on any atom is -0.462 e. The molecule has 3 aromatic rings. The molecule has 0 fully saturated rings. The number of hydrogen-bond acceptors (Lipinski definition) is 4. The Kier molecular flexibility index (Phi) is 6.03. The van der Waals surface area contributed by atoms with Crippen LogP contribution in [0.1, 0.15) is 27.6 Å². The number of esters is 1. The SMILES string of the molecule is CCOC(=O)c1c(-c2ccc(F)cc2)csc1NC(=O)c1cccc(Br)c1. The van der Waals surface area contributed by atoms with Crippen molar-refractivity contribution in [2.75, 3.05) is 11.9 Å². The Bertz CT molecular complexity index is 985. The first-order valence-electron chi connectivity index (χ1n) is 8.11. The van der Waals surface area contributed by atoms with Crippen molar-refractivity contribution < 1.29 is 18.7 Å². The number of thiophene rings is 1. The fourth-order valence-electron chi connectivity index (χ4n) is 2.50. The Labute approximate surface area is 168 Å². The van der Waals surface area contributed by atoms with E-state index in [-0.39, 0.29) is 23.9 Å². The van der Waals surface area contributed by atoms with Crippen LogP contribution in [0.3, 0.4) is 0 Å². The summed E-state index contributed by atoms with van der Waals surface area (Å²) >= 11 is 4.55. The summed E-state index contributed by atoms with van der Waals surface area (Å²) in [5, 5.41) is 4.91. The van der Waals surface area contributed by atoms with Crippen LogP contribution in [0.5, 0.6) is 0 Å². The number of rotatable bonds is 5. The van der Waals surface area contributed by atoms with Gasteiger partial charge in [-0.1, -0.05) is 34.1 Å². The number of carbonyl (C=O) groups excluding carboxylic acids is 2. The van der Waals surface area contributed by atoms with Crippen molar-refractivity contribution in [1.29, 1.82) is 0 Å². The summed E-state index contributed by atoms with van der Waals surface area (Å²) in [6, 6.07) is 12.7. The molecule has 1 amide bonds. The molecule has 0 aliphatic heterocycles. The number of benzene rings is 2. The van der Waals surface area contributed by atoms with Crippen LogP contribution < -0.4 is 5.32 Å². The predicted octanol–water partition coefficient (Wildman–Crippen LogP) is 5.75. The van der Waals surface area contributed by atoms with E-state index in [1.165, 1.54) is 23.5 Å². The van der Waals surface area contributed by atoms with E-state index in [0.29, 0.717) is 21.7 Å². The largest absolute Gasteiger partial charge is 0.462 e. The molecular formula is C20H15BrFNO3S. The van der Waals surface area contributed by atoms with E-state index in [9.17, 15) is 14.0 Å². The van der Waals surface area contributed by atoms with Crippen LogP contribution in [-0.2, 0) is 4.74 Å². The zero-order valence-electron chi connectivity index (χ0n) is 14.3. The van der Waals surface area contributed by atoms with E-state index in [0.717, 1.165) is 4.47 Å². The van der Waals surface area contributed by atoms with E-state index >= 15 is 0 Å². The molecule has 1 aromatic heterocycles. The van der Waals surface area contributed by atoms with Crippen molar-refractivity contribution >= 4 is 44.1 Å². The van der Waals surface area contributed by atoms with Crippen molar-refractivity contribution in [3.8, 4) is 11.1 Å². The zero-order valence-corrected chi connectivity index (χ0v) is 16.7. The molecule has 0 bridgehead atoms. The van der Waals surface area contributed by atoms with Crippen LogP contribution in [0.4, 0.5) is 9.39 Å². The third-order valence-corrected chi connectivity index (χ3v) is 5.13. The lowest BCUT2D eigenvalue weighted by atomic mass is 10.0. The van der Waals surface area contributed by atoms with Gasteiger partial charge in [0.05, 0.1) is 6.61 Å². The lowest BCUT2D eigenvalue weighted by Crippen LogP contribution is -2.14. The van der Waals surface area contributed by atoms with Gasteiger partial charge in [0.15, 0.2) is 0 Å². The van der Waals surface area contributed by atoms with E-state index in [1.807, 2.05) is 6.07 Å². The van der Waals surface area contributed by atoms with Crippen molar-refractivity contribution in [3.05, 3.63) is 75.3 Å². The van der Waals surface area contributed by atoms with Crippen LogP contribution in [0.2, 0.25) is 0 Å². The first kappa shape index (κ1) is 19.3. The van der Waals surface area contributed by atoms with Gasteiger partial charge in [-0.2, -0.15) is 0 Å². The van der Waals surface area contributed by atoms with Crippen molar-refractivity contribution in [2.24, 2.45) is 0 Å². The van der Waals surface area contributed by atoms with Gasteiger partial charge >= 0.3 is 5.97 Å². The summed E-state index contributed by atoms with van der Waals surface area (Å²) in [5.74, 6) is -1.24. The highest BCUT2D eigenvalue weighted by molar-refractivity contribution is 9.10. The molecule has 0 aliphatic rings. The normalized spacial score (nSPS) is 10.5. The summed E-state index contributed by atoms with van der Waals surface area (Å²) in [6.07, 6.45) is 0. The molecule has 7 heteroatoms. The number of hydrogen-bond donors (Lipinski definition) is 1. The Hall–Kier alpha value is -2.51. The maximum Gasteiger partial charge on any atom is 0.341 e. The topological polar surface area (TPSA) is 55.4 Å². The highest BCUT2D eigenvalue weighted by Gasteiger charge is 2.23. The van der Waals surface area contributed by atoms with Gasteiger partial charge < -0.3 is 10.1 Å². The van der Waals surface area contributed by atoms with E-state index in [2.05, 4.69) is 21.2 Å². The van der Waals surface area contributed by atoms with Gasteiger partial charge in [-0.05, 0) is 42.8 Å². The third-order valence-electron chi connectivity index (χ3n) is 3.74.